The molecule has 1 aromatic carbocycles. The second-order valence-corrected chi connectivity index (χ2v) is 6.91. The van der Waals surface area contributed by atoms with Gasteiger partial charge in [0.05, 0.1) is 4.92 Å². The van der Waals surface area contributed by atoms with Crippen molar-refractivity contribution in [3.05, 3.63) is 56.4 Å². The highest BCUT2D eigenvalue weighted by Gasteiger charge is 2.13. The largest absolute Gasteiger partial charge is 0.422 e. The Hall–Kier alpha value is -1.95. The third-order valence-corrected chi connectivity index (χ3v) is 2.87. The summed E-state index contributed by atoms with van der Waals surface area (Å²) < 4.78 is 4.88. The Kier molecular flexibility index (Phi) is 3.76. The fourth-order valence-corrected chi connectivity index (χ4v) is 1.84. The molecule has 0 spiro atoms. The van der Waals surface area contributed by atoms with Gasteiger partial charge >= 0.3 is 5.63 Å². The summed E-state index contributed by atoms with van der Waals surface area (Å²) in [6.45, 7) is 3.86. The van der Waals surface area contributed by atoms with Crippen molar-refractivity contribution in [1.29, 1.82) is 0 Å². The van der Waals surface area contributed by atoms with E-state index in [4.69, 9.17) is 4.42 Å². The molecule has 0 bridgehead atoms. The van der Waals surface area contributed by atoms with Gasteiger partial charge in [-0.25, -0.2) is 4.79 Å². The molecule has 0 aliphatic heterocycles. The molecule has 0 N–H and O–H groups in total. The fourth-order valence-electron chi connectivity index (χ4n) is 1.71. The lowest BCUT2D eigenvalue weighted by Crippen LogP contribution is -2.03. The molecule has 0 aliphatic carbocycles. The summed E-state index contributed by atoms with van der Waals surface area (Å²) in [5.41, 5.74) is 0.313. The van der Waals surface area contributed by atoms with E-state index in [0.717, 1.165) is 0 Å². The minimum Gasteiger partial charge on any atom is -0.422 e. The third kappa shape index (κ3) is 3.33. The van der Waals surface area contributed by atoms with Crippen LogP contribution < -0.4 is 5.63 Å². The van der Waals surface area contributed by atoms with Crippen LogP contribution in [0.15, 0.2) is 39.6 Å². The monoisotopic (exact) mass is 337 g/mol. The number of halogens is 1. The quantitative estimate of drug-likeness (QED) is 0.368. The first-order valence-electron chi connectivity index (χ1n) is 5.87. The van der Waals surface area contributed by atoms with Gasteiger partial charge in [0.25, 0.3) is 5.69 Å². The lowest BCUT2D eigenvalue weighted by Gasteiger charge is -2.09. The third-order valence-electron chi connectivity index (χ3n) is 2.60. The van der Waals surface area contributed by atoms with Gasteiger partial charge in [-0.1, -0.05) is 28.1 Å². The number of rotatable bonds is 3. The number of hydrogen-bond donors (Lipinski definition) is 0. The molecular weight excluding hydrogens is 326 g/mol. The van der Waals surface area contributed by atoms with Gasteiger partial charge in [0.1, 0.15) is 5.58 Å². The maximum Gasteiger partial charge on any atom is 0.336 e. The van der Waals surface area contributed by atoms with E-state index in [1.54, 1.807) is 6.08 Å². The number of alkyl halides is 1. The van der Waals surface area contributed by atoms with E-state index in [-0.39, 0.29) is 10.0 Å². The maximum absolute atomic E-state index is 11.3. The number of nitrogens with zero attached hydrogens (tertiary/aromatic N) is 1. The Balaban J connectivity index is 2.71. The second kappa shape index (κ2) is 5.20. The topological polar surface area (TPSA) is 73.3 Å². The Bertz CT molecular complexity index is 756. The zero-order valence-corrected chi connectivity index (χ0v) is 12.5. The Labute approximate surface area is 123 Å². The number of benzene rings is 1. The molecule has 1 heterocycles. The van der Waals surface area contributed by atoms with E-state index >= 15 is 0 Å². The van der Waals surface area contributed by atoms with Gasteiger partial charge in [-0.2, -0.15) is 0 Å². The summed E-state index contributed by atoms with van der Waals surface area (Å²) in [4.78, 5) is 21.8. The van der Waals surface area contributed by atoms with Crippen molar-refractivity contribution in [1.82, 2.24) is 0 Å². The molecule has 0 saturated heterocycles. The molecule has 104 valence electrons. The van der Waals surface area contributed by atoms with Gasteiger partial charge in [0, 0.05) is 33.5 Å². The summed E-state index contributed by atoms with van der Waals surface area (Å²) in [6, 6.07) is 5.54. The summed E-state index contributed by atoms with van der Waals surface area (Å²) in [5, 5.41) is 11.5. The van der Waals surface area contributed by atoms with Gasteiger partial charge in [-0.15, -0.1) is 0 Å². The van der Waals surface area contributed by atoms with Gasteiger partial charge < -0.3 is 4.42 Å². The summed E-state index contributed by atoms with van der Waals surface area (Å²) >= 11 is 3.45. The summed E-state index contributed by atoms with van der Waals surface area (Å²) in [5.74, 6) is 0. The first-order valence-corrected chi connectivity index (χ1v) is 6.66. The van der Waals surface area contributed by atoms with Crippen LogP contribution in [0.25, 0.3) is 17.0 Å². The average molecular weight is 338 g/mol. The van der Waals surface area contributed by atoms with Crippen molar-refractivity contribution >= 4 is 38.7 Å². The molecule has 0 amide bonds. The number of hydrogen-bond acceptors (Lipinski definition) is 4. The molecule has 6 heteroatoms. The number of non-ortho nitro benzene ring substituents is 1. The zero-order valence-electron chi connectivity index (χ0n) is 10.9. The Morgan fingerprint density at radius 1 is 1.35 bits per heavy atom. The van der Waals surface area contributed by atoms with Crippen LogP contribution in [-0.4, -0.2) is 9.25 Å². The standard InChI is InChI=1S/C14H12BrNO4/c1-14(2,15)6-5-10-8-11(16(18)19)7-9-3-4-12(17)20-13(9)10/h3-8H,1-2H3/b6-5+. The lowest BCUT2D eigenvalue weighted by molar-refractivity contribution is -0.384. The van der Waals surface area contributed by atoms with Crippen molar-refractivity contribution in [2.45, 2.75) is 18.2 Å². The molecule has 1 aromatic heterocycles. The highest BCUT2D eigenvalue weighted by atomic mass is 79.9. The SMILES string of the molecule is CC(C)(Br)/C=C/c1cc([N+](=O)[O-])cc2ccc(=O)oc12. The lowest BCUT2D eigenvalue weighted by atomic mass is 10.1. The van der Waals surface area contributed by atoms with Crippen molar-refractivity contribution < 1.29 is 9.34 Å². The number of nitro benzene ring substituents is 1. The van der Waals surface area contributed by atoms with Crippen LogP contribution in [0.2, 0.25) is 0 Å². The van der Waals surface area contributed by atoms with E-state index in [9.17, 15) is 14.9 Å². The van der Waals surface area contributed by atoms with Gasteiger partial charge in [0.15, 0.2) is 0 Å². The van der Waals surface area contributed by atoms with E-state index in [0.29, 0.717) is 16.5 Å². The van der Waals surface area contributed by atoms with E-state index < -0.39 is 10.5 Å². The minimum absolute atomic E-state index is 0.0432. The van der Waals surface area contributed by atoms with Crippen molar-refractivity contribution in [2.75, 3.05) is 0 Å². The highest BCUT2D eigenvalue weighted by Crippen LogP contribution is 2.27. The molecule has 2 rings (SSSR count). The van der Waals surface area contributed by atoms with Crippen molar-refractivity contribution in [3.63, 3.8) is 0 Å². The molecular formula is C14H12BrNO4. The van der Waals surface area contributed by atoms with Crippen LogP contribution >= 0.6 is 15.9 Å². The first-order chi connectivity index (χ1) is 9.26. The molecule has 2 aromatic rings. The molecule has 0 atom stereocenters. The predicted octanol–water partition coefficient (Wildman–Crippen LogP) is 3.89. The number of allylic oxidation sites excluding steroid dienone is 1. The highest BCUT2D eigenvalue weighted by molar-refractivity contribution is 9.10. The minimum atomic E-state index is -0.487. The van der Waals surface area contributed by atoms with Gasteiger partial charge in [-0.3, -0.25) is 10.1 Å². The number of fused-ring (bicyclic) bond motifs is 1. The van der Waals surface area contributed by atoms with Crippen LogP contribution in [0, 0.1) is 10.1 Å². The van der Waals surface area contributed by atoms with E-state index in [2.05, 4.69) is 15.9 Å². The predicted molar refractivity (Wildman–Crippen MR) is 81.2 cm³/mol. The smallest absolute Gasteiger partial charge is 0.336 e. The average Bonchev–Trinajstić information content (AvgIpc) is 2.34. The fraction of sp³-hybridized carbons (Fsp3) is 0.214. The van der Waals surface area contributed by atoms with E-state index in [1.807, 2.05) is 19.9 Å². The van der Waals surface area contributed by atoms with Crippen LogP contribution in [0.1, 0.15) is 19.4 Å². The Morgan fingerprint density at radius 3 is 2.65 bits per heavy atom. The summed E-state index contributed by atoms with van der Waals surface area (Å²) in [6.07, 6.45) is 3.53. The van der Waals surface area contributed by atoms with Crippen LogP contribution in [0.3, 0.4) is 0 Å². The first kappa shape index (κ1) is 14.5. The Morgan fingerprint density at radius 2 is 2.05 bits per heavy atom. The van der Waals surface area contributed by atoms with Crippen LogP contribution in [0.4, 0.5) is 5.69 Å². The molecule has 0 unspecified atom stereocenters. The molecule has 0 fully saturated rings. The molecule has 0 aliphatic rings. The molecule has 0 radical (unpaired) electrons. The molecule has 20 heavy (non-hydrogen) atoms. The summed E-state index contributed by atoms with van der Waals surface area (Å²) in [7, 11) is 0. The van der Waals surface area contributed by atoms with Crippen molar-refractivity contribution in [2.24, 2.45) is 0 Å². The van der Waals surface area contributed by atoms with E-state index in [1.165, 1.54) is 24.3 Å². The number of nitro groups is 1. The van der Waals surface area contributed by atoms with Crippen molar-refractivity contribution in [3.8, 4) is 0 Å². The molecule has 0 saturated carbocycles. The second-order valence-electron chi connectivity index (χ2n) is 4.86. The van der Waals surface area contributed by atoms with Crippen LogP contribution in [-0.2, 0) is 0 Å². The maximum atomic E-state index is 11.3. The van der Waals surface area contributed by atoms with Gasteiger partial charge in [-0.05, 0) is 19.9 Å². The van der Waals surface area contributed by atoms with Gasteiger partial charge in [0.2, 0.25) is 0 Å². The molecule has 5 nitrogen and oxygen atoms in total. The van der Waals surface area contributed by atoms with Crippen LogP contribution in [0.5, 0.6) is 0 Å². The normalized spacial score (nSPS) is 12.2. The zero-order chi connectivity index (χ0) is 14.9.